The molecular weight excluding hydrogens is 518 g/mol. The largest absolute Gasteiger partial charge is 0.370 e. The Bertz CT molecular complexity index is 1470. The van der Waals surface area contributed by atoms with E-state index in [2.05, 4.69) is 113 Å². The van der Waals surface area contributed by atoms with Gasteiger partial charge in [0.15, 0.2) is 5.96 Å². The van der Waals surface area contributed by atoms with Gasteiger partial charge < -0.3 is 27.4 Å². The SMILES string of the molecule is CN[C@H](C)CCc1cc(-c2cccc([C@H]3N=C(N)N[C@@H]3CCN)c2)ccc1Cc1cccc(/C=C(\C)C2=NCCN2)c1. The first-order chi connectivity index (χ1) is 20.4. The van der Waals surface area contributed by atoms with Crippen molar-refractivity contribution in [2.75, 3.05) is 26.7 Å². The number of nitrogens with zero attached hydrogens (tertiary/aromatic N) is 2. The number of aryl methyl sites for hydroxylation is 1. The number of nitrogens with two attached hydrogens (primary N) is 2. The Morgan fingerprint density at radius 3 is 2.69 bits per heavy atom. The molecule has 7 heteroatoms. The van der Waals surface area contributed by atoms with E-state index in [4.69, 9.17) is 11.5 Å². The molecule has 0 spiro atoms. The van der Waals surface area contributed by atoms with E-state index >= 15 is 0 Å². The second kappa shape index (κ2) is 13.8. The third kappa shape index (κ3) is 7.27. The van der Waals surface area contributed by atoms with Crippen molar-refractivity contribution in [1.82, 2.24) is 16.0 Å². The van der Waals surface area contributed by atoms with Gasteiger partial charge in [0.2, 0.25) is 0 Å². The lowest BCUT2D eigenvalue weighted by Gasteiger charge is -2.19. The van der Waals surface area contributed by atoms with E-state index in [0.29, 0.717) is 18.5 Å². The molecule has 42 heavy (non-hydrogen) atoms. The molecule has 3 atom stereocenters. The van der Waals surface area contributed by atoms with Crippen molar-refractivity contribution < 1.29 is 0 Å². The van der Waals surface area contributed by atoms with Crippen molar-refractivity contribution in [3.8, 4) is 11.1 Å². The van der Waals surface area contributed by atoms with E-state index in [-0.39, 0.29) is 12.1 Å². The first-order valence-electron chi connectivity index (χ1n) is 15.2. The highest BCUT2D eigenvalue weighted by Gasteiger charge is 2.28. The van der Waals surface area contributed by atoms with Crippen LogP contribution in [0, 0.1) is 0 Å². The molecule has 2 aliphatic heterocycles. The van der Waals surface area contributed by atoms with Crippen LogP contribution in [-0.2, 0) is 12.8 Å². The fourth-order valence-electron chi connectivity index (χ4n) is 5.88. The average Bonchev–Trinajstić information content (AvgIpc) is 3.67. The van der Waals surface area contributed by atoms with Crippen molar-refractivity contribution in [3.63, 3.8) is 0 Å². The van der Waals surface area contributed by atoms with Crippen LogP contribution in [0.3, 0.4) is 0 Å². The molecule has 0 aliphatic carbocycles. The molecule has 0 amide bonds. The molecule has 0 unspecified atom stereocenters. The summed E-state index contributed by atoms with van der Waals surface area (Å²) in [6.07, 6.45) is 6.03. The maximum atomic E-state index is 6.04. The highest BCUT2D eigenvalue weighted by Crippen LogP contribution is 2.32. The zero-order chi connectivity index (χ0) is 29.5. The second-order valence-corrected chi connectivity index (χ2v) is 11.5. The van der Waals surface area contributed by atoms with Crippen LogP contribution in [0.4, 0.5) is 0 Å². The monoisotopic (exact) mass is 563 g/mol. The molecule has 0 fully saturated rings. The fourth-order valence-corrected chi connectivity index (χ4v) is 5.88. The number of hydrogen-bond donors (Lipinski definition) is 5. The van der Waals surface area contributed by atoms with Crippen LogP contribution in [0.2, 0.25) is 0 Å². The number of amidine groups is 1. The summed E-state index contributed by atoms with van der Waals surface area (Å²) in [5.41, 5.74) is 22.0. The normalized spacial score (nSPS) is 19.2. The number of aliphatic imine (C=N–C) groups is 2. The quantitative estimate of drug-likeness (QED) is 0.222. The Hall–Kier alpha value is -3.94. The Morgan fingerprint density at radius 2 is 1.90 bits per heavy atom. The predicted octanol–water partition coefficient (Wildman–Crippen LogP) is 4.57. The summed E-state index contributed by atoms with van der Waals surface area (Å²) in [5, 5.41) is 10.1. The lowest BCUT2D eigenvalue weighted by Crippen LogP contribution is -2.37. The van der Waals surface area contributed by atoms with Crippen LogP contribution in [0.5, 0.6) is 0 Å². The van der Waals surface area contributed by atoms with Gasteiger partial charge in [-0.25, -0.2) is 4.99 Å². The van der Waals surface area contributed by atoms with E-state index in [9.17, 15) is 0 Å². The van der Waals surface area contributed by atoms with Crippen LogP contribution in [0.25, 0.3) is 17.2 Å². The van der Waals surface area contributed by atoms with Gasteiger partial charge in [0.1, 0.15) is 5.84 Å². The Kier molecular flexibility index (Phi) is 9.72. The van der Waals surface area contributed by atoms with Gasteiger partial charge in [-0.3, -0.25) is 4.99 Å². The smallest absolute Gasteiger partial charge is 0.189 e. The van der Waals surface area contributed by atoms with Gasteiger partial charge in [-0.2, -0.15) is 0 Å². The molecule has 3 aromatic carbocycles. The van der Waals surface area contributed by atoms with Gasteiger partial charge in [0.05, 0.1) is 18.6 Å². The van der Waals surface area contributed by atoms with Gasteiger partial charge in [-0.15, -0.1) is 0 Å². The minimum Gasteiger partial charge on any atom is -0.370 e. The minimum atomic E-state index is -0.0230. The molecule has 3 aromatic rings. The van der Waals surface area contributed by atoms with Crippen molar-refractivity contribution >= 4 is 17.9 Å². The Morgan fingerprint density at radius 1 is 1.07 bits per heavy atom. The summed E-state index contributed by atoms with van der Waals surface area (Å²) < 4.78 is 0. The topological polar surface area (TPSA) is 113 Å². The van der Waals surface area contributed by atoms with Gasteiger partial charge in [-0.05, 0) is 110 Å². The van der Waals surface area contributed by atoms with Gasteiger partial charge in [0.25, 0.3) is 0 Å². The molecule has 2 aliphatic rings. The number of guanidine groups is 1. The summed E-state index contributed by atoms with van der Waals surface area (Å²) in [5.74, 6) is 1.50. The van der Waals surface area contributed by atoms with Crippen molar-refractivity contribution in [3.05, 3.63) is 100 Å². The first kappa shape index (κ1) is 29.5. The maximum absolute atomic E-state index is 6.04. The van der Waals surface area contributed by atoms with Crippen molar-refractivity contribution in [2.24, 2.45) is 21.5 Å². The van der Waals surface area contributed by atoms with E-state index in [1.165, 1.54) is 39.0 Å². The summed E-state index contributed by atoms with van der Waals surface area (Å²) in [6, 6.07) is 25.1. The Labute approximate surface area is 250 Å². The minimum absolute atomic E-state index is 0.0230. The fraction of sp³-hybridized carbons (Fsp3) is 0.371. The zero-order valence-corrected chi connectivity index (χ0v) is 25.2. The molecule has 5 rings (SSSR count). The molecule has 0 aromatic heterocycles. The molecule has 0 saturated carbocycles. The molecule has 0 radical (unpaired) electrons. The van der Waals surface area contributed by atoms with Crippen LogP contribution >= 0.6 is 0 Å². The maximum Gasteiger partial charge on any atom is 0.189 e. The number of hydrogen-bond acceptors (Lipinski definition) is 7. The van der Waals surface area contributed by atoms with Crippen LogP contribution in [-0.4, -0.2) is 50.6 Å². The van der Waals surface area contributed by atoms with E-state index < -0.39 is 0 Å². The zero-order valence-electron chi connectivity index (χ0n) is 25.2. The highest BCUT2D eigenvalue weighted by molar-refractivity contribution is 6.02. The number of benzene rings is 3. The molecule has 0 saturated heterocycles. The average molecular weight is 564 g/mol. The van der Waals surface area contributed by atoms with Gasteiger partial charge in [0, 0.05) is 12.6 Å². The molecule has 0 bridgehead atoms. The second-order valence-electron chi connectivity index (χ2n) is 11.5. The van der Waals surface area contributed by atoms with E-state index in [1.807, 2.05) is 7.05 Å². The summed E-state index contributed by atoms with van der Waals surface area (Å²) in [6.45, 7) is 6.74. The number of nitrogens with one attached hydrogen (secondary N) is 3. The molecule has 2 heterocycles. The number of rotatable bonds is 12. The molecule has 7 N–H and O–H groups in total. The molecular formula is C35H45N7. The third-order valence-electron chi connectivity index (χ3n) is 8.35. The van der Waals surface area contributed by atoms with Gasteiger partial charge in [-0.1, -0.05) is 60.7 Å². The van der Waals surface area contributed by atoms with Crippen LogP contribution in [0.15, 0.2) is 82.3 Å². The van der Waals surface area contributed by atoms with E-state index in [0.717, 1.165) is 50.2 Å². The lowest BCUT2D eigenvalue weighted by atomic mass is 9.90. The highest BCUT2D eigenvalue weighted by atomic mass is 15.2. The van der Waals surface area contributed by atoms with E-state index in [1.54, 1.807) is 0 Å². The third-order valence-corrected chi connectivity index (χ3v) is 8.35. The summed E-state index contributed by atoms with van der Waals surface area (Å²) in [4.78, 5) is 9.25. The molecule has 220 valence electrons. The summed E-state index contributed by atoms with van der Waals surface area (Å²) in [7, 11) is 2.03. The van der Waals surface area contributed by atoms with Crippen molar-refractivity contribution in [1.29, 1.82) is 0 Å². The standard InChI is InChI=1S/C35H45N7/c1-23(34-39-16-17-40-34)18-25-6-4-7-26(19-25)20-28-12-13-30(21-29(28)11-10-24(2)38-3)27-8-5-9-31(22-27)33-32(14-15-36)41-35(37)42-33/h4-9,12-13,18-19,21-22,24,32-33,38H,10-11,14-17,20,36H2,1-3H3,(H,39,40)(H3,37,41,42)/b23-18+/t24-,32-,33-/m1/s1. The first-order valence-corrected chi connectivity index (χ1v) is 15.2. The van der Waals surface area contributed by atoms with Crippen LogP contribution < -0.4 is 27.4 Å². The lowest BCUT2D eigenvalue weighted by molar-refractivity contribution is 0.513. The van der Waals surface area contributed by atoms with Crippen LogP contribution in [0.1, 0.15) is 60.5 Å². The predicted molar refractivity (Wildman–Crippen MR) is 177 cm³/mol. The Balaban J connectivity index is 1.42. The van der Waals surface area contributed by atoms with Crippen molar-refractivity contribution in [2.45, 2.75) is 57.7 Å². The summed E-state index contributed by atoms with van der Waals surface area (Å²) >= 11 is 0. The van der Waals surface area contributed by atoms with Gasteiger partial charge >= 0.3 is 0 Å². The molecule has 7 nitrogen and oxygen atoms in total.